The Bertz CT molecular complexity index is 1060. The van der Waals surface area contributed by atoms with Crippen LogP contribution in [-0.4, -0.2) is 6.73 Å². The number of fused-ring (bicyclic) bond motifs is 3. The molecule has 6 heteroatoms. The first-order valence-electron chi connectivity index (χ1n) is 7.84. The largest absolute Gasteiger partial charge is 0.473 e. The smallest absolute Gasteiger partial charge is 0.339 e. The van der Waals surface area contributed by atoms with Crippen molar-refractivity contribution < 1.29 is 17.9 Å². The lowest BCUT2D eigenvalue weighted by molar-refractivity contribution is 0.289. The molecule has 0 aliphatic carbocycles. The van der Waals surface area contributed by atoms with Crippen LogP contribution < -0.4 is 15.3 Å². The Morgan fingerprint density at radius 1 is 1.04 bits per heavy atom. The molecule has 25 heavy (non-hydrogen) atoms. The molecule has 2 aromatic carbocycles. The second kappa shape index (κ2) is 5.58. The van der Waals surface area contributed by atoms with E-state index in [0.29, 0.717) is 34.7 Å². The van der Waals surface area contributed by atoms with Gasteiger partial charge in [-0.2, -0.15) is 0 Å². The lowest BCUT2D eigenvalue weighted by Gasteiger charge is -2.31. The van der Waals surface area contributed by atoms with E-state index in [1.165, 1.54) is 6.07 Å². The molecule has 4 nitrogen and oxygen atoms in total. The number of hydrogen-bond donors (Lipinski definition) is 0. The highest BCUT2D eigenvalue weighted by Crippen LogP contribution is 2.35. The number of hydrogen-bond acceptors (Lipinski definition) is 4. The van der Waals surface area contributed by atoms with Gasteiger partial charge < -0.3 is 14.1 Å². The van der Waals surface area contributed by atoms with Crippen molar-refractivity contribution in [1.82, 2.24) is 0 Å². The molecule has 1 aliphatic rings. The summed E-state index contributed by atoms with van der Waals surface area (Å²) in [6.07, 6.45) is 0. The van der Waals surface area contributed by atoms with E-state index in [-0.39, 0.29) is 12.4 Å². The lowest BCUT2D eigenvalue weighted by atomic mass is 10.0. The Hall–Kier alpha value is -2.89. The summed E-state index contributed by atoms with van der Waals surface area (Å²) in [5, 5.41) is 0.839. The maximum Gasteiger partial charge on any atom is 0.339 e. The van der Waals surface area contributed by atoms with Crippen molar-refractivity contribution in [3.8, 4) is 5.75 Å². The van der Waals surface area contributed by atoms with Gasteiger partial charge in [0.15, 0.2) is 18.4 Å². The zero-order chi connectivity index (χ0) is 17.7. The normalized spacial score (nSPS) is 13.7. The van der Waals surface area contributed by atoms with E-state index in [1.807, 2.05) is 19.1 Å². The molecule has 0 radical (unpaired) electrons. The van der Waals surface area contributed by atoms with E-state index >= 15 is 0 Å². The highest BCUT2D eigenvalue weighted by Gasteiger charge is 2.23. The molecule has 0 atom stereocenters. The lowest BCUT2D eigenvalue weighted by Crippen LogP contribution is -2.32. The zero-order valence-corrected chi connectivity index (χ0v) is 13.7. The molecule has 3 aromatic rings. The Morgan fingerprint density at radius 3 is 2.60 bits per heavy atom. The Labute approximate surface area is 142 Å². The van der Waals surface area contributed by atoms with Crippen molar-refractivity contribution in [2.24, 2.45) is 0 Å². The van der Waals surface area contributed by atoms with Crippen LogP contribution in [0.3, 0.4) is 0 Å². The third-order valence-electron chi connectivity index (χ3n) is 4.68. The standard InChI is InChI=1S/C19H15F2NO3/c1-10-11(2)19(23)25-18-13(10)4-6-17-14(18)8-22(9-24-17)12-3-5-15(20)16(21)7-12/h3-7H,8-9H2,1-2H3. The summed E-state index contributed by atoms with van der Waals surface area (Å²) in [7, 11) is 0. The van der Waals surface area contributed by atoms with Crippen LogP contribution in [0.1, 0.15) is 16.7 Å². The summed E-state index contributed by atoms with van der Waals surface area (Å²) < 4.78 is 37.9. The molecular weight excluding hydrogens is 328 g/mol. The van der Waals surface area contributed by atoms with Crippen molar-refractivity contribution in [3.63, 3.8) is 0 Å². The van der Waals surface area contributed by atoms with Gasteiger partial charge in [-0.15, -0.1) is 0 Å². The van der Waals surface area contributed by atoms with Crippen molar-refractivity contribution >= 4 is 16.7 Å². The van der Waals surface area contributed by atoms with Crippen LogP contribution >= 0.6 is 0 Å². The number of nitrogens with zero attached hydrogens (tertiary/aromatic N) is 1. The van der Waals surface area contributed by atoms with Crippen LogP contribution in [0.4, 0.5) is 14.5 Å². The van der Waals surface area contributed by atoms with Crippen molar-refractivity contribution in [1.29, 1.82) is 0 Å². The van der Waals surface area contributed by atoms with Gasteiger partial charge in [-0.3, -0.25) is 0 Å². The van der Waals surface area contributed by atoms with Gasteiger partial charge in [0.2, 0.25) is 0 Å². The number of benzene rings is 2. The number of anilines is 1. The van der Waals surface area contributed by atoms with Gasteiger partial charge in [-0.25, -0.2) is 13.6 Å². The fraction of sp³-hybridized carbons (Fsp3) is 0.211. The number of halogens is 2. The minimum absolute atomic E-state index is 0.193. The van der Waals surface area contributed by atoms with Crippen LogP contribution in [0, 0.1) is 25.5 Å². The average Bonchev–Trinajstić information content (AvgIpc) is 2.61. The second-order valence-corrected chi connectivity index (χ2v) is 6.13. The van der Waals surface area contributed by atoms with Crippen LogP contribution in [0.15, 0.2) is 39.5 Å². The molecule has 0 saturated carbocycles. The zero-order valence-electron chi connectivity index (χ0n) is 13.7. The molecule has 1 aliphatic heterocycles. The Morgan fingerprint density at radius 2 is 1.84 bits per heavy atom. The molecule has 0 amide bonds. The van der Waals surface area contributed by atoms with Crippen LogP contribution in [-0.2, 0) is 6.54 Å². The Kier molecular flexibility index (Phi) is 3.49. The third kappa shape index (κ3) is 2.45. The van der Waals surface area contributed by atoms with Crippen LogP contribution in [0.5, 0.6) is 5.75 Å². The number of ether oxygens (including phenoxy) is 1. The molecule has 128 valence electrons. The summed E-state index contributed by atoms with van der Waals surface area (Å²) in [6, 6.07) is 7.40. The van der Waals surface area contributed by atoms with Gasteiger partial charge in [0.25, 0.3) is 0 Å². The quantitative estimate of drug-likeness (QED) is 0.625. The summed E-state index contributed by atoms with van der Waals surface area (Å²) in [6.45, 7) is 4.16. The summed E-state index contributed by atoms with van der Waals surface area (Å²) in [4.78, 5) is 13.8. The average molecular weight is 343 g/mol. The van der Waals surface area contributed by atoms with E-state index in [4.69, 9.17) is 9.15 Å². The van der Waals surface area contributed by atoms with Crippen LogP contribution in [0.2, 0.25) is 0 Å². The molecular formula is C19H15F2NO3. The monoisotopic (exact) mass is 343 g/mol. The van der Waals surface area contributed by atoms with Crippen molar-refractivity contribution in [3.05, 3.63) is 69.1 Å². The summed E-state index contributed by atoms with van der Waals surface area (Å²) >= 11 is 0. The van der Waals surface area contributed by atoms with E-state index in [2.05, 4.69) is 0 Å². The molecule has 0 saturated heterocycles. The van der Waals surface area contributed by atoms with Gasteiger partial charge in [-0.05, 0) is 43.7 Å². The van der Waals surface area contributed by atoms with Gasteiger partial charge in [0.05, 0.1) is 12.1 Å². The molecule has 0 bridgehead atoms. The molecule has 0 spiro atoms. The van der Waals surface area contributed by atoms with E-state index in [1.54, 1.807) is 11.8 Å². The maximum atomic E-state index is 13.5. The van der Waals surface area contributed by atoms with Crippen molar-refractivity contribution in [2.45, 2.75) is 20.4 Å². The minimum atomic E-state index is -0.917. The fourth-order valence-corrected chi connectivity index (χ4v) is 3.06. The second-order valence-electron chi connectivity index (χ2n) is 6.13. The number of aryl methyl sites for hydroxylation is 1. The van der Waals surface area contributed by atoms with Gasteiger partial charge in [0, 0.05) is 22.7 Å². The molecule has 0 unspecified atom stereocenters. The summed E-state index contributed by atoms with van der Waals surface area (Å²) in [5.74, 6) is -1.19. The summed E-state index contributed by atoms with van der Waals surface area (Å²) in [5.41, 5.74) is 2.73. The predicted octanol–water partition coefficient (Wildman–Crippen LogP) is 4.04. The SMILES string of the molecule is Cc1c(C)c2ccc3c(c2oc1=O)CN(c1ccc(F)c(F)c1)CO3. The van der Waals surface area contributed by atoms with E-state index in [0.717, 1.165) is 23.1 Å². The third-order valence-corrected chi connectivity index (χ3v) is 4.68. The first-order valence-corrected chi connectivity index (χ1v) is 7.84. The topological polar surface area (TPSA) is 42.7 Å². The highest BCUT2D eigenvalue weighted by molar-refractivity contribution is 5.86. The highest BCUT2D eigenvalue weighted by atomic mass is 19.2. The van der Waals surface area contributed by atoms with E-state index in [9.17, 15) is 13.6 Å². The molecule has 1 aromatic heterocycles. The first-order chi connectivity index (χ1) is 12.0. The fourth-order valence-electron chi connectivity index (χ4n) is 3.06. The van der Waals surface area contributed by atoms with Crippen molar-refractivity contribution in [2.75, 3.05) is 11.6 Å². The van der Waals surface area contributed by atoms with E-state index < -0.39 is 11.6 Å². The number of rotatable bonds is 1. The van der Waals surface area contributed by atoms with Gasteiger partial charge in [-0.1, -0.05) is 0 Å². The first kappa shape index (κ1) is 15.6. The minimum Gasteiger partial charge on any atom is -0.473 e. The molecule has 0 fully saturated rings. The predicted molar refractivity (Wildman–Crippen MR) is 90.0 cm³/mol. The van der Waals surface area contributed by atoms with Crippen LogP contribution in [0.25, 0.3) is 11.0 Å². The maximum absolute atomic E-state index is 13.5. The Balaban J connectivity index is 1.84. The molecule has 0 N–H and O–H groups in total. The van der Waals surface area contributed by atoms with Gasteiger partial charge >= 0.3 is 5.63 Å². The van der Waals surface area contributed by atoms with Gasteiger partial charge in [0.1, 0.15) is 11.3 Å². The molecule has 4 rings (SSSR count). The molecule has 2 heterocycles.